The fraction of sp³-hybridized carbons (Fsp3) is 0.143. The zero-order chi connectivity index (χ0) is 18.0. The van der Waals surface area contributed by atoms with Crippen LogP contribution in [0, 0.1) is 5.82 Å². The summed E-state index contributed by atoms with van der Waals surface area (Å²) in [4.78, 5) is 7.81. The molecule has 0 radical (unpaired) electrons. The predicted molar refractivity (Wildman–Crippen MR) is 80.4 cm³/mol. The Bertz CT molecular complexity index is 882. The Morgan fingerprint density at radius 2 is 1.88 bits per heavy atom. The van der Waals surface area contributed by atoms with Gasteiger partial charge in [-0.1, -0.05) is 5.21 Å². The van der Waals surface area contributed by atoms with Gasteiger partial charge in [-0.3, -0.25) is 0 Å². The predicted octanol–water partition coefficient (Wildman–Crippen LogP) is 3.56. The van der Waals surface area contributed by atoms with Gasteiger partial charge in [-0.05, 0) is 34.1 Å². The van der Waals surface area contributed by atoms with E-state index in [4.69, 9.17) is 4.74 Å². The first-order valence-electron chi connectivity index (χ1n) is 6.71. The summed E-state index contributed by atoms with van der Waals surface area (Å²) in [5.41, 5.74) is -1.02. The third-order valence-corrected chi connectivity index (χ3v) is 3.42. The first-order chi connectivity index (χ1) is 11.8. The highest BCUT2D eigenvalue weighted by Gasteiger charge is 2.34. The number of rotatable bonds is 4. The van der Waals surface area contributed by atoms with E-state index in [9.17, 15) is 17.6 Å². The van der Waals surface area contributed by atoms with Crippen LogP contribution in [0.4, 0.5) is 17.6 Å². The summed E-state index contributed by atoms with van der Waals surface area (Å²) in [5.74, 6) is -1.35. The van der Waals surface area contributed by atoms with E-state index >= 15 is 0 Å². The van der Waals surface area contributed by atoms with Crippen molar-refractivity contribution in [2.75, 3.05) is 0 Å². The maximum absolute atomic E-state index is 13.3. The van der Waals surface area contributed by atoms with Crippen LogP contribution >= 0.6 is 15.9 Å². The maximum Gasteiger partial charge on any atom is 0.419 e. The molecule has 11 heteroatoms. The monoisotopic (exact) mass is 417 g/mol. The molecule has 0 atom stereocenters. The van der Waals surface area contributed by atoms with Crippen molar-refractivity contribution in [3.05, 3.63) is 58.3 Å². The van der Waals surface area contributed by atoms with E-state index in [2.05, 4.69) is 36.2 Å². The smallest absolute Gasteiger partial charge is 0.419 e. The van der Waals surface area contributed by atoms with E-state index in [0.29, 0.717) is 16.2 Å². The van der Waals surface area contributed by atoms with Crippen LogP contribution in [0.15, 0.2) is 41.3 Å². The molecule has 130 valence electrons. The third-order valence-electron chi connectivity index (χ3n) is 3.01. The molecular weight excluding hydrogens is 410 g/mol. The van der Waals surface area contributed by atoms with Crippen molar-refractivity contribution in [3.8, 4) is 11.7 Å². The highest BCUT2D eigenvalue weighted by atomic mass is 79.9. The van der Waals surface area contributed by atoms with Gasteiger partial charge in [0, 0.05) is 12.4 Å². The molecule has 0 amide bonds. The van der Waals surface area contributed by atoms with E-state index in [1.165, 1.54) is 24.7 Å². The summed E-state index contributed by atoms with van der Waals surface area (Å²) in [6.07, 6.45) is -0.440. The number of aromatic nitrogens is 5. The lowest BCUT2D eigenvalue weighted by atomic mass is 10.2. The molecule has 3 aromatic rings. The molecule has 0 N–H and O–H groups in total. The first-order valence-corrected chi connectivity index (χ1v) is 7.51. The molecule has 0 saturated carbocycles. The Morgan fingerprint density at radius 3 is 2.56 bits per heavy atom. The van der Waals surface area contributed by atoms with Gasteiger partial charge in [0.25, 0.3) is 0 Å². The average Bonchev–Trinajstić information content (AvgIpc) is 3.03. The molecule has 1 aromatic carbocycles. The van der Waals surface area contributed by atoms with Crippen molar-refractivity contribution < 1.29 is 22.3 Å². The molecule has 2 aromatic heterocycles. The van der Waals surface area contributed by atoms with E-state index in [1.54, 1.807) is 0 Å². The minimum atomic E-state index is -4.80. The molecule has 0 aliphatic heterocycles. The normalized spacial score (nSPS) is 11.6. The number of nitrogens with zero attached hydrogens (tertiary/aromatic N) is 5. The Labute approximate surface area is 146 Å². The summed E-state index contributed by atoms with van der Waals surface area (Å²) in [6.45, 7) is -0.0328. The number of hydrogen-bond acceptors (Lipinski definition) is 5. The summed E-state index contributed by atoms with van der Waals surface area (Å²) in [7, 11) is 0. The van der Waals surface area contributed by atoms with Crippen molar-refractivity contribution in [2.45, 2.75) is 12.8 Å². The van der Waals surface area contributed by atoms with Crippen LogP contribution < -0.4 is 4.74 Å². The quantitative estimate of drug-likeness (QED) is 0.607. The minimum absolute atomic E-state index is 0.0207. The topological polar surface area (TPSA) is 65.7 Å². The molecule has 0 saturated heterocycles. The summed E-state index contributed by atoms with van der Waals surface area (Å²) < 4.78 is 58.7. The SMILES string of the molecule is Fc1ccc(-n2cc(COc3ncc(Br)cn3)nn2)cc1C(F)(F)F. The lowest BCUT2D eigenvalue weighted by molar-refractivity contribution is -0.140. The second kappa shape index (κ2) is 6.75. The summed E-state index contributed by atoms with van der Waals surface area (Å²) in [6, 6.07) is 2.67. The van der Waals surface area contributed by atoms with Crippen LogP contribution in [0.25, 0.3) is 5.69 Å². The van der Waals surface area contributed by atoms with Gasteiger partial charge in [-0.15, -0.1) is 5.10 Å². The summed E-state index contributed by atoms with van der Waals surface area (Å²) in [5, 5.41) is 7.50. The Hall–Kier alpha value is -2.56. The van der Waals surface area contributed by atoms with Crippen molar-refractivity contribution in [1.82, 2.24) is 25.0 Å². The number of ether oxygens (including phenoxy) is 1. The average molecular weight is 418 g/mol. The van der Waals surface area contributed by atoms with Gasteiger partial charge in [-0.2, -0.15) is 13.2 Å². The summed E-state index contributed by atoms with van der Waals surface area (Å²) >= 11 is 3.18. The zero-order valence-corrected chi connectivity index (χ0v) is 13.8. The fourth-order valence-corrected chi connectivity index (χ4v) is 2.08. The number of alkyl halides is 3. The Kier molecular flexibility index (Phi) is 4.66. The Morgan fingerprint density at radius 1 is 1.16 bits per heavy atom. The number of halogens is 5. The molecule has 2 heterocycles. The molecule has 0 fully saturated rings. The van der Waals surface area contributed by atoms with Gasteiger partial charge in [-0.25, -0.2) is 19.0 Å². The van der Waals surface area contributed by atoms with Crippen LogP contribution in [0.1, 0.15) is 11.3 Å². The second-order valence-electron chi connectivity index (χ2n) is 4.79. The second-order valence-corrected chi connectivity index (χ2v) is 5.70. The first kappa shape index (κ1) is 17.3. The van der Waals surface area contributed by atoms with E-state index in [1.807, 2.05) is 0 Å². The molecule has 0 aliphatic carbocycles. The lowest BCUT2D eigenvalue weighted by Gasteiger charge is -2.09. The molecule has 0 unspecified atom stereocenters. The van der Waals surface area contributed by atoms with Crippen LogP contribution in [-0.2, 0) is 12.8 Å². The van der Waals surface area contributed by atoms with E-state index in [0.717, 1.165) is 10.7 Å². The molecular formula is C14H8BrF4N5O. The van der Waals surface area contributed by atoms with Gasteiger partial charge in [0.05, 0.1) is 21.9 Å². The standard InChI is InChI=1S/C14H8BrF4N5O/c15-8-4-20-13(21-5-8)25-7-9-6-24(23-22-9)10-1-2-12(16)11(3-10)14(17,18)19/h1-6H,7H2. The van der Waals surface area contributed by atoms with Crippen LogP contribution in [0.5, 0.6) is 6.01 Å². The van der Waals surface area contributed by atoms with Gasteiger partial charge in [0.1, 0.15) is 18.1 Å². The van der Waals surface area contributed by atoms with E-state index < -0.39 is 17.6 Å². The van der Waals surface area contributed by atoms with Crippen LogP contribution in [-0.4, -0.2) is 25.0 Å². The molecule has 0 spiro atoms. The van der Waals surface area contributed by atoms with Gasteiger partial charge in [0.15, 0.2) is 0 Å². The highest BCUT2D eigenvalue weighted by molar-refractivity contribution is 9.10. The van der Waals surface area contributed by atoms with Crippen LogP contribution in [0.2, 0.25) is 0 Å². The minimum Gasteiger partial charge on any atom is -0.457 e. The molecule has 25 heavy (non-hydrogen) atoms. The van der Waals surface area contributed by atoms with Gasteiger partial charge < -0.3 is 4.74 Å². The van der Waals surface area contributed by atoms with Crippen molar-refractivity contribution >= 4 is 15.9 Å². The van der Waals surface area contributed by atoms with Crippen LogP contribution in [0.3, 0.4) is 0 Å². The third kappa shape index (κ3) is 4.10. The van der Waals surface area contributed by atoms with Gasteiger partial charge in [0.2, 0.25) is 0 Å². The van der Waals surface area contributed by atoms with Crippen molar-refractivity contribution in [2.24, 2.45) is 0 Å². The van der Waals surface area contributed by atoms with Crippen molar-refractivity contribution in [1.29, 1.82) is 0 Å². The van der Waals surface area contributed by atoms with E-state index in [-0.39, 0.29) is 18.3 Å². The molecule has 6 nitrogen and oxygen atoms in total. The maximum atomic E-state index is 13.3. The van der Waals surface area contributed by atoms with Gasteiger partial charge >= 0.3 is 12.2 Å². The van der Waals surface area contributed by atoms with Crippen molar-refractivity contribution in [3.63, 3.8) is 0 Å². The lowest BCUT2D eigenvalue weighted by Crippen LogP contribution is -2.09. The molecule has 0 aliphatic rings. The number of benzene rings is 1. The Balaban J connectivity index is 1.76. The fourth-order valence-electron chi connectivity index (χ4n) is 1.88. The molecule has 0 bridgehead atoms. The number of hydrogen-bond donors (Lipinski definition) is 0. The zero-order valence-electron chi connectivity index (χ0n) is 12.2. The molecule has 3 rings (SSSR count). The largest absolute Gasteiger partial charge is 0.457 e. The highest BCUT2D eigenvalue weighted by Crippen LogP contribution is 2.32.